The van der Waals surface area contributed by atoms with Gasteiger partial charge >= 0.3 is 0 Å². The zero-order valence-electron chi connectivity index (χ0n) is 8.18. The van der Waals surface area contributed by atoms with Crippen LogP contribution in [0.3, 0.4) is 0 Å². The number of nitrogens with one attached hydrogen (secondary N) is 1. The lowest BCUT2D eigenvalue weighted by molar-refractivity contribution is 0.593. The Kier molecular flexibility index (Phi) is 4.56. The summed E-state index contributed by atoms with van der Waals surface area (Å²) in [4.78, 5) is 0. The Bertz CT molecular complexity index is 243. The number of hydrogen-bond acceptors (Lipinski definition) is 1. The molecule has 1 N–H and O–H groups in total. The monoisotopic (exact) mass is 289 g/mol. The first-order chi connectivity index (χ1) is 6.22. The van der Waals surface area contributed by atoms with Crippen LogP contribution in [0.15, 0.2) is 24.3 Å². The third-order valence-corrected chi connectivity index (χ3v) is 2.91. The summed E-state index contributed by atoms with van der Waals surface area (Å²) in [5, 5.41) is 3.42. The summed E-state index contributed by atoms with van der Waals surface area (Å²) >= 11 is 2.32. The molecule has 0 fully saturated rings. The fourth-order valence-electron chi connectivity index (χ4n) is 1.00. The average molecular weight is 289 g/mol. The molecule has 1 unspecified atom stereocenters. The predicted molar refractivity (Wildman–Crippen MR) is 67.1 cm³/mol. The number of anilines is 1. The maximum Gasteiger partial charge on any atom is 0.0340 e. The van der Waals surface area contributed by atoms with E-state index in [4.69, 9.17) is 0 Å². The molecule has 0 aliphatic heterocycles. The van der Waals surface area contributed by atoms with Gasteiger partial charge in [-0.25, -0.2) is 0 Å². The van der Waals surface area contributed by atoms with Crippen molar-refractivity contribution in [2.45, 2.75) is 20.3 Å². The number of hydrogen-bond donors (Lipinski definition) is 1. The van der Waals surface area contributed by atoms with Gasteiger partial charge in [0.15, 0.2) is 0 Å². The molecule has 0 bridgehead atoms. The van der Waals surface area contributed by atoms with Gasteiger partial charge < -0.3 is 5.32 Å². The average Bonchev–Trinajstić information content (AvgIpc) is 2.16. The first-order valence-corrected chi connectivity index (χ1v) is 5.79. The molecule has 0 amide bonds. The van der Waals surface area contributed by atoms with Crippen molar-refractivity contribution in [3.8, 4) is 0 Å². The van der Waals surface area contributed by atoms with Crippen LogP contribution in [0, 0.1) is 9.49 Å². The Morgan fingerprint density at radius 3 is 2.46 bits per heavy atom. The summed E-state index contributed by atoms with van der Waals surface area (Å²) in [5.74, 6) is 0.749. The minimum Gasteiger partial charge on any atom is -0.385 e. The van der Waals surface area contributed by atoms with Gasteiger partial charge in [-0.2, -0.15) is 0 Å². The van der Waals surface area contributed by atoms with E-state index in [2.05, 4.69) is 66.0 Å². The molecule has 13 heavy (non-hydrogen) atoms. The molecule has 0 heterocycles. The minimum atomic E-state index is 0.749. The second kappa shape index (κ2) is 5.47. The molecule has 0 saturated heterocycles. The van der Waals surface area contributed by atoms with Crippen molar-refractivity contribution in [2.75, 3.05) is 11.9 Å². The van der Waals surface area contributed by atoms with E-state index in [-0.39, 0.29) is 0 Å². The van der Waals surface area contributed by atoms with Crippen LogP contribution in [0.25, 0.3) is 0 Å². The van der Waals surface area contributed by atoms with Crippen LogP contribution >= 0.6 is 22.6 Å². The molecule has 0 spiro atoms. The lowest BCUT2D eigenvalue weighted by Crippen LogP contribution is -2.09. The second-order valence-corrected chi connectivity index (χ2v) is 4.65. The van der Waals surface area contributed by atoms with E-state index in [0.717, 1.165) is 12.5 Å². The van der Waals surface area contributed by atoms with E-state index < -0.39 is 0 Å². The Balaban J connectivity index is 2.41. The van der Waals surface area contributed by atoms with Crippen LogP contribution in [0.1, 0.15) is 20.3 Å². The van der Waals surface area contributed by atoms with Gasteiger partial charge in [-0.3, -0.25) is 0 Å². The van der Waals surface area contributed by atoms with E-state index in [1.54, 1.807) is 0 Å². The van der Waals surface area contributed by atoms with E-state index in [1.807, 2.05) is 0 Å². The maximum atomic E-state index is 3.42. The first-order valence-electron chi connectivity index (χ1n) is 4.71. The van der Waals surface area contributed by atoms with Crippen molar-refractivity contribution in [1.29, 1.82) is 0 Å². The van der Waals surface area contributed by atoms with Gasteiger partial charge in [-0.1, -0.05) is 20.3 Å². The predicted octanol–water partition coefficient (Wildman–Crippen LogP) is 3.75. The molecular weight excluding hydrogens is 273 g/mol. The van der Waals surface area contributed by atoms with E-state index in [1.165, 1.54) is 15.7 Å². The van der Waals surface area contributed by atoms with Gasteiger partial charge in [0.1, 0.15) is 0 Å². The zero-order chi connectivity index (χ0) is 9.68. The largest absolute Gasteiger partial charge is 0.385 e. The molecule has 1 rings (SSSR count). The van der Waals surface area contributed by atoms with Crippen molar-refractivity contribution >= 4 is 28.3 Å². The Hall–Kier alpha value is -0.250. The molecule has 0 saturated carbocycles. The summed E-state index contributed by atoms with van der Waals surface area (Å²) in [6.45, 7) is 5.55. The first kappa shape index (κ1) is 10.8. The van der Waals surface area contributed by atoms with Gasteiger partial charge in [-0.05, 0) is 52.8 Å². The van der Waals surface area contributed by atoms with Gasteiger partial charge in [0.25, 0.3) is 0 Å². The number of halogens is 1. The molecule has 72 valence electrons. The third kappa shape index (κ3) is 3.98. The molecule has 0 aliphatic carbocycles. The van der Waals surface area contributed by atoms with Crippen molar-refractivity contribution < 1.29 is 0 Å². The Labute approximate surface area is 94.1 Å². The lowest BCUT2D eigenvalue weighted by Gasteiger charge is -2.10. The van der Waals surface area contributed by atoms with Crippen molar-refractivity contribution in [3.63, 3.8) is 0 Å². The van der Waals surface area contributed by atoms with Crippen molar-refractivity contribution in [1.82, 2.24) is 0 Å². The van der Waals surface area contributed by atoms with E-state index in [9.17, 15) is 0 Å². The van der Waals surface area contributed by atoms with Crippen LogP contribution < -0.4 is 5.32 Å². The number of benzene rings is 1. The van der Waals surface area contributed by atoms with Crippen LogP contribution in [0.5, 0.6) is 0 Å². The van der Waals surface area contributed by atoms with Gasteiger partial charge in [0, 0.05) is 15.8 Å². The second-order valence-electron chi connectivity index (χ2n) is 3.40. The molecule has 0 radical (unpaired) electrons. The number of rotatable bonds is 4. The molecule has 1 aromatic rings. The Morgan fingerprint density at radius 1 is 1.31 bits per heavy atom. The van der Waals surface area contributed by atoms with E-state index in [0.29, 0.717) is 0 Å². The molecule has 1 nitrogen and oxygen atoms in total. The molecular formula is C11H16IN. The van der Waals surface area contributed by atoms with Gasteiger partial charge in [-0.15, -0.1) is 0 Å². The van der Waals surface area contributed by atoms with Crippen LogP contribution in [0.2, 0.25) is 0 Å². The molecule has 1 aromatic carbocycles. The normalized spacial score (nSPS) is 12.5. The highest BCUT2D eigenvalue weighted by Gasteiger charge is 1.97. The topological polar surface area (TPSA) is 12.0 Å². The smallest absolute Gasteiger partial charge is 0.0340 e. The summed E-state index contributed by atoms with van der Waals surface area (Å²) in [6.07, 6.45) is 1.23. The summed E-state index contributed by atoms with van der Waals surface area (Å²) in [7, 11) is 0. The quantitative estimate of drug-likeness (QED) is 0.832. The SMILES string of the molecule is CCC(C)CNc1ccc(I)cc1. The Morgan fingerprint density at radius 2 is 1.92 bits per heavy atom. The molecule has 0 aromatic heterocycles. The van der Waals surface area contributed by atoms with Crippen molar-refractivity contribution in [2.24, 2.45) is 5.92 Å². The summed E-state index contributed by atoms with van der Waals surface area (Å²) in [6, 6.07) is 8.51. The van der Waals surface area contributed by atoms with Gasteiger partial charge in [0.2, 0.25) is 0 Å². The molecule has 1 atom stereocenters. The third-order valence-electron chi connectivity index (χ3n) is 2.20. The molecule has 2 heteroatoms. The zero-order valence-corrected chi connectivity index (χ0v) is 10.3. The minimum absolute atomic E-state index is 0.749. The standard InChI is InChI=1S/C11H16IN/c1-3-9(2)8-13-11-6-4-10(12)5-7-11/h4-7,9,13H,3,8H2,1-2H3. The maximum absolute atomic E-state index is 3.42. The van der Waals surface area contributed by atoms with E-state index >= 15 is 0 Å². The highest BCUT2D eigenvalue weighted by atomic mass is 127. The van der Waals surface area contributed by atoms with Crippen LogP contribution in [-0.2, 0) is 0 Å². The van der Waals surface area contributed by atoms with Crippen molar-refractivity contribution in [3.05, 3.63) is 27.8 Å². The molecule has 0 aliphatic rings. The highest BCUT2D eigenvalue weighted by molar-refractivity contribution is 14.1. The van der Waals surface area contributed by atoms with Crippen LogP contribution in [-0.4, -0.2) is 6.54 Å². The fraction of sp³-hybridized carbons (Fsp3) is 0.455. The summed E-state index contributed by atoms with van der Waals surface area (Å²) < 4.78 is 1.28. The van der Waals surface area contributed by atoms with Crippen LogP contribution in [0.4, 0.5) is 5.69 Å². The summed E-state index contributed by atoms with van der Waals surface area (Å²) in [5.41, 5.74) is 1.22. The van der Waals surface area contributed by atoms with Gasteiger partial charge in [0.05, 0.1) is 0 Å². The lowest BCUT2D eigenvalue weighted by atomic mass is 10.1. The fourth-order valence-corrected chi connectivity index (χ4v) is 1.36. The highest BCUT2D eigenvalue weighted by Crippen LogP contribution is 2.12.